The van der Waals surface area contributed by atoms with Crippen LogP contribution >= 0.6 is 0 Å². The van der Waals surface area contributed by atoms with Crippen LogP contribution in [0, 0.1) is 0 Å². The Bertz CT molecular complexity index is 721. The maximum absolute atomic E-state index is 11.7. The molecule has 0 bridgehead atoms. The number of rotatable bonds is 1. The first kappa shape index (κ1) is 13.5. The van der Waals surface area contributed by atoms with Crippen LogP contribution in [0.5, 0.6) is 0 Å². The van der Waals surface area contributed by atoms with Crippen molar-refractivity contribution >= 4 is 5.91 Å². The summed E-state index contributed by atoms with van der Waals surface area (Å²) in [5, 5.41) is 8.90. The summed E-state index contributed by atoms with van der Waals surface area (Å²) in [6.07, 6.45) is 4.07. The van der Waals surface area contributed by atoms with Gasteiger partial charge in [-0.1, -0.05) is 18.2 Å². The largest absolute Gasteiger partial charge is 0.342 e. The number of hydrogen-bond acceptors (Lipinski definition) is 3. The lowest BCUT2D eigenvalue weighted by Crippen LogP contribution is -2.38. The number of carbonyl (C=O) groups is 1. The fraction of sp³-hybridized carbons (Fsp3) is 0.471. The normalized spacial score (nSPS) is 20.4. The fourth-order valence-corrected chi connectivity index (χ4v) is 3.68. The molecule has 2 aromatic rings. The predicted molar refractivity (Wildman–Crippen MR) is 83.0 cm³/mol. The molecule has 3 heterocycles. The summed E-state index contributed by atoms with van der Waals surface area (Å²) in [6, 6.07) is 8.49. The highest BCUT2D eigenvalue weighted by molar-refractivity contribution is 5.73. The van der Waals surface area contributed by atoms with E-state index >= 15 is 0 Å². The molecule has 22 heavy (non-hydrogen) atoms. The molecule has 2 aliphatic heterocycles. The Hall–Kier alpha value is -2.17. The lowest BCUT2D eigenvalue weighted by Gasteiger charge is -2.32. The molecule has 5 heteroatoms. The molecule has 1 atom stereocenters. The van der Waals surface area contributed by atoms with Gasteiger partial charge in [-0.25, -0.2) is 0 Å². The zero-order valence-electron chi connectivity index (χ0n) is 12.8. The molecule has 1 aromatic heterocycles. The van der Waals surface area contributed by atoms with Crippen LogP contribution in [0.25, 0.3) is 5.69 Å². The van der Waals surface area contributed by atoms with E-state index in [1.54, 1.807) is 6.92 Å². The highest BCUT2D eigenvalue weighted by Gasteiger charge is 2.30. The van der Waals surface area contributed by atoms with Gasteiger partial charge in [-0.05, 0) is 30.9 Å². The fourth-order valence-electron chi connectivity index (χ4n) is 3.68. The van der Waals surface area contributed by atoms with E-state index in [2.05, 4.69) is 39.0 Å². The highest BCUT2D eigenvalue weighted by atomic mass is 16.2. The standard InChI is InChI=1S/C17H20N4O/c1-12(22)20-10-4-6-14(11-20)17-19-18-16-9-8-13-5-2-3-7-15(13)21(16)17/h2-3,5,7,14H,4,6,8-11H2,1H3. The van der Waals surface area contributed by atoms with Crippen LogP contribution in [0.15, 0.2) is 24.3 Å². The Morgan fingerprint density at radius 2 is 2.09 bits per heavy atom. The quantitative estimate of drug-likeness (QED) is 0.809. The molecule has 1 amide bonds. The number of benzene rings is 1. The van der Waals surface area contributed by atoms with Crippen LogP contribution in [0.2, 0.25) is 0 Å². The average Bonchev–Trinajstić information content (AvgIpc) is 2.99. The van der Waals surface area contributed by atoms with Crippen molar-refractivity contribution in [2.75, 3.05) is 13.1 Å². The number of fused-ring (bicyclic) bond motifs is 3. The Balaban J connectivity index is 1.73. The van der Waals surface area contributed by atoms with Crippen molar-refractivity contribution in [3.05, 3.63) is 41.5 Å². The van der Waals surface area contributed by atoms with Gasteiger partial charge in [-0.3, -0.25) is 9.36 Å². The van der Waals surface area contributed by atoms with Gasteiger partial charge in [0.05, 0.1) is 5.69 Å². The second-order valence-electron chi connectivity index (χ2n) is 6.24. The molecule has 5 nitrogen and oxygen atoms in total. The van der Waals surface area contributed by atoms with Crippen molar-refractivity contribution in [1.29, 1.82) is 0 Å². The number of aromatic nitrogens is 3. The topological polar surface area (TPSA) is 51.0 Å². The molecular formula is C17H20N4O. The number of hydrogen-bond donors (Lipinski definition) is 0. The molecular weight excluding hydrogens is 276 g/mol. The average molecular weight is 296 g/mol. The van der Waals surface area contributed by atoms with Gasteiger partial charge >= 0.3 is 0 Å². The van der Waals surface area contributed by atoms with Crippen LogP contribution in [-0.2, 0) is 17.6 Å². The van der Waals surface area contributed by atoms with E-state index in [0.717, 1.165) is 50.4 Å². The van der Waals surface area contributed by atoms with E-state index < -0.39 is 0 Å². The molecule has 0 saturated carbocycles. The van der Waals surface area contributed by atoms with Gasteiger partial charge in [0.15, 0.2) is 0 Å². The summed E-state index contributed by atoms with van der Waals surface area (Å²) >= 11 is 0. The van der Waals surface area contributed by atoms with Gasteiger partial charge in [0, 0.05) is 32.4 Å². The summed E-state index contributed by atoms with van der Waals surface area (Å²) in [7, 11) is 0. The van der Waals surface area contributed by atoms with Crippen LogP contribution in [0.4, 0.5) is 0 Å². The molecule has 0 N–H and O–H groups in total. The number of piperidine rings is 1. The third kappa shape index (κ3) is 2.12. The number of carbonyl (C=O) groups excluding carboxylic acids is 1. The van der Waals surface area contributed by atoms with Gasteiger partial charge < -0.3 is 4.90 Å². The SMILES string of the molecule is CC(=O)N1CCCC(c2nnc3n2-c2ccccc2CC3)C1. The van der Waals surface area contributed by atoms with E-state index in [-0.39, 0.29) is 11.8 Å². The smallest absolute Gasteiger partial charge is 0.219 e. The molecule has 1 fully saturated rings. The van der Waals surface area contributed by atoms with Gasteiger partial charge in [-0.2, -0.15) is 0 Å². The van der Waals surface area contributed by atoms with E-state index in [1.165, 1.54) is 11.3 Å². The highest BCUT2D eigenvalue weighted by Crippen LogP contribution is 2.31. The number of likely N-dealkylation sites (tertiary alicyclic amines) is 1. The second-order valence-corrected chi connectivity index (χ2v) is 6.24. The summed E-state index contributed by atoms with van der Waals surface area (Å²) in [4.78, 5) is 13.6. The zero-order chi connectivity index (χ0) is 15.1. The van der Waals surface area contributed by atoms with Crippen molar-refractivity contribution < 1.29 is 4.79 Å². The minimum absolute atomic E-state index is 0.156. The summed E-state index contributed by atoms with van der Waals surface area (Å²) in [5.41, 5.74) is 2.57. The van der Waals surface area contributed by atoms with Gasteiger partial charge in [0.2, 0.25) is 5.91 Å². The lowest BCUT2D eigenvalue weighted by atomic mass is 9.96. The maximum Gasteiger partial charge on any atom is 0.219 e. The third-order valence-corrected chi connectivity index (χ3v) is 4.84. The number of amides is 1. The van der Waals surface area contributed by atoms with Crippen LogP contribution in [0.3, 0.4) is 0 Å². The van der Waals surface area contributed by atoms with Crippen molar-refractivity contribution in [3.8, 4) is 5.69 Å². The van der Waals surface area contributed by atoms with E-state index in [1.807, 2.05) is 4.90 Å². The maximum atomic E-state index is 11.7. The first-order valence-corrected chi connectivity index (χ1v) is 8.02. The summed E-state index contributed by atoms with van der Waals surface area (Å²) < 4.78 is 2.23. The first-order chi connectivity index (χ1) is 10.7. The number of nitrogens with zero attached hydrogens (tertiary/aromatic N) is 4. The predicted octanol–water partition coefficient (Wildman–Crippen LogP) is 2.09. The summed E-state index contributed by atoms with van der Waals surface area (Å²) in [5.74, 6) is 2.51. The Labute approximate surface area is 130 Å². The Kier molecular flexibility index (Phi) is 3.21. The van der Waals surface area contributed by atoms with Crippen molar-refractivity contribution in [1.82, 2.24) is 19.7 Å². The third-order valence-electron chi connectivity index (χ3n) is 4.84. The minimum atomic E-state index is 0.156. The molecule has 0 radical (unpaired) electrons. The molecule has 1 aromatic carbocycles. The minimum Gasteiger partial charge on any atom is -0.342 e. The van der Waals surface area contributed by atoms with Gasteiger partial charge in [0.25, 0.3) is 0 Å². The number of aryl methyl sites for hydroxylation is 2. The van der Waals surface area contributed by atoms with Crippen molar-refractivity contribution in [2.45, 2.75) is 38.5 Å². The van der Waals surface area contributed by atoms with Crippen molar-refractivity contribution in [3.63, 3.8) is 0 Å². The molecule has 0 aliphatic carbocycles. The van der Waals surface area contributed by atoms with E-state index in [0.29, 0.717) is 0 Å². The zero-order valence-corrected chi connectivity index (χ0v) is 12.8. The molecule has 1 unspecified atom stereocenters. The van der Waals surface area contributed by atoms with Gasteiger partial charge in [0.1, 0.15) is 11.6 Å². The van der Waals surface area contributed by atoms with E-state index in [9.17, 15) is 4.79 Å². The van der Waals surface area contributed by atoms with Crippen LogP contribution in [-0.4, -0.2) is 38.7 Å². The van der Waals surface area contributed by atoms with Crippen LogP contribution in [0.1, 0.15) is 42.9 Å². The summed E-state index contributed by atoms with van der Waals surface area (Å²) in [6.45, 7) is 3.27. The van der Waals surface area contributed by atoms with E-state index in [4.69, 9.17) is 0 Å². The number of para-hydroxylation sites is 1. The monoisotopic (exact) mass is 296 g/mol. The Morgan fingerprint density at radius 1 is 1.23 bits per heavy atom. The molecule has 114 valence electrons. The molecule has 2 aliphatic rings. The van der Waals surface area contributed by atoms with Crippen molar-refractivity contribution in [2.24, 2.45) is 0 Å². The second kappa shape index (κ2) is 5.23. The van der Waals surface area contributed by atoms with Crippen LogP contribution < -0.4 is 0 Å². The first-order valence-electron chi connectivity index (χ1n) is 8.02. The molecule has 0 spiro atoms. The molecule has 4 rings (SSSR count). The molecule has 1 saturated heterocycles. The lowest BCUT2D eigenvalue weighted by molar-refractivity contribution is -0.130. The Morgan fingerprint density at radius 3 is 2.95 bits per heavy atom. The van der Waals surface area contributed by atoms with Gasteiger partial charge in [-0.15, -0.1) is 10.2 Å².